The number of aromatic hydroxyl groups is 1. The summed E-state index contributed by atoms with van der Waals surface area (Å²) in [7, 11) is 0. The molecule has 0 aliphatic rings. The van der Waals surface area contributed by atoms with Gasteiger partial charge in [0.25, 0.3) is 0 Å². The highest BCUT2D eigenvalue weighted by Gasteiger charge is 1.92. The third kappa shape index (κ3) is 4.41. The largest absolute Gasteiger partial charge is 0.508 e. The molecule has 1 aromatic carbocycles. The summed E-state index contributed by atoms with van der Waals surface area (Å²) in [6.07, 6.45) is 2.22. The second-order valence-corrected chi connectivity index (χ2v) is 3.54. The summed E-state index contributed by atoms with van der Waals surface area (Å²) in [4.78, 5) is 14.3. The number of hydrogen-bond acceptors (Lipinski definition) is 4. The molecule has 1 heterocycles. The Balaban J connectivity index is 0.000000203. The van der Waals surface area contributed by atoms with Gasteiger partial charge in [0.1, 0.15) is 5.75 Å². The fourth-order valence-electron chi connectivity index (χ4n) is 1.33. The molecule has 4 heteroatoms. The smallest absolute Gasteiger partial charge is 0.305 e. The summed E-state index contributed by atoms with van der Waals surface area (Å²) < 4.78 is 4.55. The van der Waals surface area contributed by atoms with Crippen LogP contribution in [0, 0.1) is 0 Å². The lowest BCUT2D eigenvalue weighted by Crippen LogP contribution is -2.00. The molecule has 96 valence electrons. The first kappa shape index (κ1) is 14.0. The van der Waals surface area contributed by atoms with Gasteiger partial charge in [-0.15, -0.1) is 0 Å². The van der Waals surface area contributed by atoms with Crippen molar-refractivity contribution in [1.82, 2.24) is 4.98 Å². The number of phenols is 1. The van der Waals surface area contributed by atoms with E-state index in [1.807, 2.05) is 12.1 Å². The van der Waals surface area contributed by atoms with Crippen LogP contribution in [-0.2, 0) is 9.53 Å². The van der Waals surface area contributed by atoms with Crippen molar-refractivity contribution >= 4 is 16.9 Å². The molecule has 0 fully saturated rings. The number of aromatic nitrogens is 1. The Hall–Kier alpha value is -2.10. The summed E-state index contributed by atoms with van der Waals surface area (Å²) in [6.45, 7) is 4.07. The molecular formula is C14H17NO3. The first-order valence-electron chi connectivity index (χ1n) is 5.86. The highest BCUT2D eigenvalue weighted by molar-refractivity contribution is 5.79. The maximum Gasteiger partial charge on any atom is 0.305 e. The molecule has 0 aliphatic carbocycles. The van der Waals surface area contributed by atoms with Crippen molar-refractivity contribution in [2.45, 2.75) is 20.3 Å². The van der Waals surface area contributed by atoms with Crippen LogP contribution in [-0.4, -0.2) is 22.7 Å². The average molecular weight is 247 g/mol. The number of pyridine rings is 1. The van der Waals surface area contributed by atoms with Gasteiger partial charge in [-0.25, -0.2) is 0 Å². The molecule has 0 saturated carbocycles. The van der Waals surface area contributed by atoms with Gasteiger partial charge in [-0.05, 0) is 31.2 Å². The molecule has 0 bridgehead atoms. The van der Waals surface area contributed by atoms with Crippen molar-refractivity contribution in [3.8, 4) is 5.75 Å². The van der Waals surface area contributed by atoms with Crippen LogP contribution in [0.5, 0.6) is 5.75 Å². The monoisotopic (exact) mass is 247 g/mol. The van der Waals surface area contributed by atoms with Crippen LogP contribution < -0.4 is 0 Å². The van der Waals surface area contributed by atoms with Crippen LogP contribution in [0.15, 0.2) is 36.5 Å². The number of rotatable bonds is 2. The molecule has 0 amide bonds. The average Bonchev–Trinajstić information content (AvgIpc) is 2.39. The highest BCUT2D eigenvalue weighted by atomic mass is 16.5. The molecule has 0 unspecified atom stereocenters. The van der Waals surface area contributed by atoms with Crippen molar-refractivity contribution in [1.29, 1.82) is 0 Å². The summed E-state index contributed by atoms with van der Waals surface area (Å²) >= 11 is 0. The van der Waals surface area contributed by atoms with Crippen LogP contribution in [0.3, 0.4) is 0 Å². The molecule has 0 atom stereocenters. The molecule has 0 saturated heterocycles. The first-order valence-corrected chi connectivity index (χ1v) is 5.86. The number of fused-ring (bicyclic) bond motifs is 1. The molecule has 2 rings (SSSR count). The van der Waals surface area contributed by atoms with Gasteiger partial charge in [0.2, 0.25) is 0 Å². The van der Waals surface area contributed by atoms with Gasteiger partial charge in [0.15, 0.2) is 0 Å². The fourth-order valence-corrected chi connectivity index (χ4v) is 1.33. The zero-order valence-electron chi connectivity index (χ0n) is 10.6. The fraction of sp³-hybridized carbons (Fsp3) is 0.286. The quantitative estimate of drug-likeness (QED) is 0.829. The molecule has 2 aromatic rings. The Kier molecular flexibility index (Phi) is 5.64. The van der Waals surface area contributed by atoms with Crippen molar-refractivity contribution < 1.29 is 14.6 Å². The van der Waals surface area contributed by atoms with E-state index < -0.39 is 0 Å². The van der Waals surface area contributed by atoms with E-state index in [1.165, 1.54) is 0 Å². The molecule has 1 aromatic heterocycles. The van der Waals surface area contributed by atoms with E-state index >= 15 is 0 Å². The Bertz CT molecular complexity index is 511. The second kappa shape index (κ2) is 7.27. The maximum atomic E-state index is 10.2. The van der Waals surface area contributed by atoms with Crippen molar-refractivity contribution in [2.75, 3.05) is 6.61 Å². The van der Waals surface area contributed by atoms with E-state index in [-0.39, 0.29) is 11.7 Å². The van der Waals surface area contributed by atoms with E-state index in [1.54, 1.807) is 38.2 Å². The van der Waals surface area contributed by atoms with Gasteiger partial charge in [-0.2, -0.15) is 0 Å². The Morgan fingerprint density at radius 2 is 2.11 bits per heavy atom. The van der Waals surface area contributed by atoms with Gasteiger partial charge in [-0.1, -0.05) is 13.0 Å². The lowest BCUT2D eigenvalue weighted by Gasteiger charge is -1.95. The molecule has 0 spiro atoms. The number of phenolic OH excluding ortho intramolecular Hbond substituents is 1. The van der Waals surface area contributed by atoms with Crippen LogP contribution in [0.2, 0.25) is 0 Å². The molecule has 1 N–H and O–H groups in total. The van der Waals surface area contributed by atoms with E-state index in [2.05, 4.69) is 9.72 Å². The number of esters is 1. The third-order valence-electron chi connectivity index (χ3n) is 2.18. The Morgan fingerprint density at radius 1 is 1.33 bits per heavy atom. The normalized spacial score (nSPS) is 9.44. The van der Waals surface area contributed by atoms with Crippen molar-refractivity contribution in [3.63, 3.8) is 0 Å². The Morgan fingerprint density at radius 3 is 2.72 bits per heavy atom. The van der Waals surface area contributed by atoms with Crippen LogP contribution in [0.1, 0.15) is 20.3 Å². The Labute approximate surface area is 106 Å². The number of carbonyl (C=O) groups is 1. The van der Waals surface area contributed by atoms with E-state index in [4.69, 9.17) is 5.11 Å². The summed E-state index contributed by atoms with van der Waals surface area (Å²) in [5.41, 5.74) is 0.908. The number of ether oxygens (including phenoxy) is 1. The third-order valence-corrected chi connectivity index (χ3v) is 2.18. The van der Waals surface area contributed by atoms with Crippen LogP contribution in [0.25, 0.3) is 10.9 Å². The number of benzene rings is 1. The molecule has 18 heavy (non-hydrogen) atoms. The minimum atomic E-state index is -0.123. The van der Waals surface area contributed by atoms with Gasteiger partial charge < -0.3 is 9.84 Å². The lowest BCUT2D eigenvalue weighted by molar-refractivity contribution is -0.142. The number of carbonyl (C=O) groups excluding carboxylic acids is 1. The predicted octanol–water partition coefficient (Wildman–Crippen LogP) is 2.90. The topological polar surface area (TPSA) is 59.4 Å². The van der Waals surface area contributed by atoms with Crippen LogP contribution in [0.4, 0.5) is 0 Å². The van der Waals surface area contributed by atoms with Gasteiger partial charge in [0, 0.05) is 18.0 Å². The van der Waals surface area contributed by atoms with Gasteiger partial charge in [0.05, 0.1) is 12.1 Å². The minimum Gasteiger partial charge on any atom is -0.508 e. The molecule has 4 nitrogen and oxygen atoms in total. The SMILES string of the molecule is CCOC(=O)CC.Oc1ccc2ncccc2c1. The number of hydrogen-bond donors (Lipinski definition) is 1. The van der Waals surface area contributed by atoms with Gasteiger partial charge >= 0.3 is 5.97 Å². The predicted molar refractivity (Wildman–Crippen MR) is 70.3 cm³/mol. The van der Waals surface area contributed by atoms with Crippen LogP contribution >= 0.6 is 0 Å². The molecule has 0 aliphatic heterocycles. The summed E-state index contributed by atoms with van der Waals surface area (Å²) in [5, 5.41) is 10.1. The zero-order chi connectivity index (χ0) is 13.4. The van der Waals surface area contributed by atoms with Crippen molar-refractivity contribution in [2.24, 2.45) is 0 Å². The summed E-state index contributed by atoms with van der Waals surface area (Å²) in [5.74, 6) is 0.160. The minimum absolute atomic E-state index is 0.123. The molecule has 0 radical (unpaired) electrons. The van der Waals surface area contributed by atoms with Crippen molar-refractivity contribution in [3.05, 3.63) is 36.5 Å². The standard InChI is InChI=1S/C9H7NO.C5H10O2/c11-8-3-4-9-7(6-8)2-1-5-10-9;1-3-5(6)7-4-2/h1-6,11H;3-4H2,1-2H3. The van der Waals surface area contributed by atoms with E-state index in [9.17, 15) is 4.79 Å². The molecular weight excluding hydrogens is 230 g/mol. The highest BCUT2D eigenvalue weighted by Crippen LogP contribution is 2.16. The zero-order valence-corrected chi connectivity index (χ0v) is 10.6. The first-order chi connectivity index (χ1) is 8.67. The lowest BCUT2D eigenvalue weighted by atomic mass is 10.2. The van der Waals surface area contributed by atoms with E-state index in [0.29, 0.717) is 13.0 Å². The maximum absolute atomic E-state index is 10.2. The van der Waals surface area contributed by atoms with Gasteiger partial charge in [-0.3, -0.25) is 9.78 Å². The second-order valence-electron chi connectivity index (χ2n) is 3.54. The van der Waals surface area contributed by atoms with E-state index in [0.717, 1.165) is 10.9 Å². The summed E-state index contributed by atoms with van der Waals surface area (Å²) in [6, 6.07) is 8.90. The number of nitrogens with zero attached hydrogens (tertiary/aromatic N) is 1.